The average molecular weight is 279 g/mol. The van der Waals surface area contributed by atoms with Crippen LogP contribution in [0.15, 0.2) is 65.5 Å². The normalized spacial score (nSPS) is 10.7. The lowest BCUT2D eigenvalue weighted by Crippen LogP contribution is -2.26. The number of carboxylic acid groups (broad SMARTS) is 1. The fourth-order valence-electron chi connectivity index (χ4n) is 2.51. The van der Waals surface area contributed by atoms with Gasteiger partial charge in [-0.25, -0.2) is 9.36 Å². The second-order valence-corrected chi connectivity index (χ2v) is 4.81. The number of hydrogen-bond acceptors (Lipinski definition) is 2. The number of benzene rings is 2. The predicted octanol–water partition coefficient (Wildman–Crippen LogP) is 3.12. The van der Waals surface area contributed by atoms with E-state index in [-0.39, 0.29) is 0 Å². The first-order valence-electron chi connectivity index (χ1n) is 6.58. The first-order valence-corrected chi connectivity index (χ1v) is 6.58. The topological polar surface area (TPSA) is 59.3 Å². The Kier molecular flexibility index (Phi) is 3.28. The van der Waals surface area contributed by atoms with Crippen molar-refractivity contribution in [2.45, 2.75) is 6.42 Å². The Hall–Kier alpha value is -2.88. The van der Waals surface area contributed by atoms with Crippen LogP contribution in [0.1, 0.15) is 11.1 Å². The van der Waals surface area contributed by atoms with Gasteiger partial charge in [0.25, 0.3) is 5.56 Å². The molecule has 0 aliphatic rings. The summed E-state index contributed by atoms with van der Waals surface area (Å²) in [5.41, 5.74) is 1.81. The third kappa shape index (κ3) is 2.43. The van der Waals surface area contributed by atoms with Gasteiger partial charge in [-0.15, -0.1) is 0 Å². The number of carbonyl (C=O) groups is 1. The molecule has 3 aromatic rings. The van der Waals surface area contributed by atoms with Gasteiger partial charge in [0, 0.05) is 11.5 Å². The zero-order valence-electron chi connectivity index (χ0n) is 11.2. The molecule has 1 heterocycles. The summed E-state index contributed by atoms with van der Waals surface area (Å²) in [6.45, 7) is 0. The van der Waals surface area contributed by atoms with Crippen LogP contribution in [0.25, 0.3) is 10.9 Å². The SMILES string of the molecule is O=C(O)n1c(=O)cc(Cc2ccccc2)c2ccccc21. The molecule has 21 heavy (non-hydrogen) atoms. The molecule has 0 unspecified atom stereocenters. The molecular weight excluding hydrogens is 266 g/mol. The second-order valence-electron chi connectivity index (χ2n) is 4.81. The predicted molar refractivity (Wildman–Crippen MR) is 80.9 cm³/mol. The highest BCUT2D eigenvalue weighted by atomic mass is 16.4. The van der Waals surface area contributed by atoms with Crippen molar-refractivity contribution >= 4 is 17.0 Å². The third-order valence-corrected chi connectivity index (χ3v) is 3.44. The van der Waals surface area contributed by atoms with E-state index < -0.39 is 11.7 Å². The van der Waals surface area contributed by atoms with Gasteiger partial charge < -0.3 is 5.11 Å². The Labute approximate surface area is 120 Å². The van der Waals surface area contributed by atoms with Crippen molar-refractivity contribution in [3.05, 3.63) is 82.1 Å². The van der Waals surface area contributed by atoms with Gasteiger partial charge in [-0.2, -0.15) is 0 Å². The molecule has 0 aliphatic heterocycles. The van der Waals surface area contributed by atoms with Crippen molar-refractivity contribution in [3.8, 4) is 0 Å². The van der Waals surface area contributed by atoms with E-state index in [1.165, 1.54) is 6.07 Å². The quantitative estimate of drug-likeness (QED) is 0.784. The molecule has 1 N–H and O–H groups in total. The van der Waals surface area contributed by atoms with E-state index in [1.54, 1.807) is 12.1 Å². The molecule has 0 spiro atoms. The lowest BCUT2D eigenvalue weighted by molar-refractivity contribution is 0.196. The lowest BCUT2D eigenvalue weighted by Gasteiger charge is -2.10. The van der Waals surface area contributed by atoms with Crippen LogP contribution in [-0.4, -0.2) is 15.8 Å². The third-order valence-electron chi connectivity index (χ3n) is 3.44. The van der Waals surface area contributed by atoms with E-state index in [4.69, 9.17) is 0 Å². The summed E-state index contributed by atoms with van der Waals surface area (Å²) >= 11 is 0. The number of para-hydroxylation sites is 1. The summed E-state index contributed by atoms with van der Waals surface area (Å²) in [5.74, 6) is 0. The van der Waals surface area contributed by atoms with Crippen LogP contribution >= 0.6 is 0 Å². The number of rotatable bonds is 2. The maximum Gasteiger partial charge on any atom is 0.419 e. The monoisotopic (exact) mass is 279 g/mol. The molecule has 0 amide bonds. The standard InChI is InChI=1S/C17H13NO3/c19-16-11-13(10-12-6-2-1-3-7-12)14-8-4-5-9-15(14)18(16)17(20)21/h1-9,11H,10H2,(H,20,21). The van der Waals surface area contributed by atoms with Gasteiger partial charge in [0.15, 0.2) is 0 Å². The molecule has 0 aliphatic carbocycles. The van der Waals surface area contributed by atoms with E-state index in [0.717, 1.165) is 21.1 Å². The molecule has 1 aromatic heterocycles. The van der Waals surface area contributed by atoms with Crippen molar-refractivity contribution in [2.24, 2.45) is 0 Å². The first kappa shape index (κ1) is 13.1. The Balaban J connectivity index is 2.23. The van der Waals surface area contributed by atoms with Gasteiger partial charge in [-0.1, -0.05) is 48.5 Å². The maximum absolute atomic E-state index is 12.1. The Bertz CT molecular complexity index is 866. The van der Waals surface area contributed by atoms with Gasteiger partial charge in [-0.3, -0.25) is 4.79 Å². The number of fused-ring (bicyclic) bond motifs is 1. The zero-order chi connectivity index (χ0) is 14.8. The lowest BCUT2D eigenvalue weighted by atomic mass is 10.0. The summed E-state index contributed by atoms with van der Waals surface area (Å²) < 4.78 is 0.782. The van der Waals surface area contributed by atoms with Gasteiger partial charge in [-0.05, 0) is 23.6 Å². The van der Waals surface area contributed by atoms with Crippen molar-refractivity contribution < 1.29 is 9.90 Å². The molecule has 4 heteroatoms. The molecule has 0 fully saturated rings. The molecule has 0 radical (unpaired) electrons. The Morgan fingerprint density at radius 3 is 2.38 bits per heavy atom. The molecular formula is C17H13NO3. The summed E-state index contributed by atoms with van der Waals surface area (Å²) in [7, 11) is 0. The van der Waals surface area contributed by atoms with Crippen LogP contribution < -0.4 is 5.56 Å². The number of hydrogen-bond donors (Lipinski definition) is 1. The summed E-state index contributed by atoms with van der Waals surface area (Å²) in [6, 6.07) is 18.3. The molecule has 2 aromatic carbocycles. The highest BCUT2D eigenvalue weighted by Crippen LogP contribution is 2.19. The van der Waals surface area contributed by atoms with E-state index in [1.807, 2.05) is 42.5 Å². The van der Waals surface area contributed by atoms with Crippen LogP contribution in [0.4, 0.5) is 4.79 Å². The first-order chi connectivity index (χ1) is 10.2. The van der Waals surface area contributed by atoms with Crippen molar-refractivity contribution in [2.75, 3.05) is 0 Å². The van der Waals surface area contributed by atoms with Gasteiger partial charge in [0.05, 0.1) is 5.52 Å². The largest absolute Gasteiger partial charge is 0.464 e. The van der Waals surface area contributed by atoms with E-state index in [0.29, 0.717) is 11.9 Å². The Morgan fingerprint density at radius 1 is 1.00 bits per heavy atom. The smallest absolute Gasteiger partial charge is 0.419 e. The van der Waals surface area contributed by atoms with Crippen molar-refractivity contribution in [1.82, 2.24) is 4.57 Å². The Morgan fingerprint density at radius 2 is 1.67 bits per heavy atom. The van der Waals surface area contributed by atoms with E-state index in [2.05, 4.69) is 0 Å². The molecule has 0 saturated heterocycles. The van der Waals surface area contributed by atoms with E-state index >= 15 is 0 Å². The van der Waals surface area contributed by atoms with Crippen molar-refractivity contribution in [3.63, 3.8) is 0 Å². The molecule has 0 atom stereocenters. The maximum atomic E-state index is 12.1. The molecule has 104 valence electrons. The molecule has 0 saturated carbocycles. The summed E-state index contributed by atoms with van der Waals surface area (Å²) in [4.78, 5) is 23.3. The summed E-state index contributed by atoms with van der Waals surface area (Å²) in [5, 5.41) is 9.99. The van der Waals surface area contributed by atoms with Gasteiger partial charge in [0.2, 0.25) is 0 Å². The van der Waals surface area contributed by atoms with Crippen LogP contribution in [0.2, 0.25) is 0 Å². The van der Waals surface area contributed by atoms with Crippen LogP contribution in [0.5, 0.6) is 0 Å². The van der Waals surface area contributed by atoms with Gasteiger partial charge >= 0.3 is 6.09 Å². The molecule has 4 nitrogen and oxygen atoms in total. The molecule has 0 bridgehead atoms. The van der Waals surface area contributed by atoms with Crippen LogP contribution in [0.3, 0.4) is 0 Å². The highest BCUT2D eigenvalue weighted by Gasteiger charge is 2.13. The minimum absolute atomic E-state index is 0.420. The van der Waals surface area contributed by atoms with Crippen LogP contribution in [-0.2, 0) is 6.42 Å². The number of pyridine rings is 1. The number of nitrogens with zero attached hydrogens (tertiary/aromatic N) is 1. The van der Waals surface area contributed by atoms with Crippen molar-refractivity contribution in [1.29, 1.82) is 0 Å². The van der Waals surface area contributed by atoms with Crippen LogP contribution in [0, 0.1) is 0 Å². The zero-order valence-corrected chi connectivity index (χ0v) is 11.2. The minimum atomic E-state index is -1.26. The van der Waals surface area contributed by atoms with E-state index in [9.17, 15) is 14.7 Å². The average Bonchev–Trinajstić information content (AvgIpc) is 2.48. The highest BCUT2D eigenvalue weighted by molar-refractivity contribution is 5.89. The number of aromatic nitrogens is 1. The summed E-state index contributed by atoms with van der Waals surface area (Å²) in [6.07, 6.45) is -0.667. The second kappa shape index (κ2) is 5.25. The fraction of sp³-hybridized carbons (Fsp3) is 0.0588. The minimum Gasteiger partial charge on any atom is -0.464 e. The van der Waals surface area contributed by atoms with Gasteiger partial charge in [0.1, 0.15) is 0 Å². The fourth-order valence-corrected chi connectivity index (χ4v) is 2.51. The molecule has 3 rings (SSSR count).